The molecule has 0 bridgehead atoms. The number of carbonyl (C=O) groups is 2. The van der Waals surface area contributed by atoms with Crippen molar-refractivity contribution < 1.29 is 33.0 Å². The smallest absolute Gasteiger partial charge is 0.373 e. The number of amidine groups is 1. The molecule has 0 radical (unpaired) electrons. The Balaban J connectivity index is 1.37. The average Bonchev–Trinajstić information content (AvgIpc) is 3.61. The van der Waals surface area contributed by atoms with Crippen LogP contribution < -0.4 is 14.2 Å². The maximum Gasteiger partial charge on any atom is 0.373 e. The van der Waals surface area contributed by atoms with E-state index in [4.69, 9.17) is 23.6 Å². The highest BCUT2D eigenvalue weighted by Gasteiger charge is 2.33. The quantitative estimate of drug-likeness (QED) is 0.155. The number of furan rings is 1. The van der Waals surface area contributed by atoms with E-state index in [1.807, 2.05) is 66.7 Å². The van der Waals surface area contributed by atoms with E-state index in [9.17, 15) is 9.59 Å². The maximum atomic E-state index is 13.6. The van der Waals surface area contributed by atoms with Crippen LogP contribution in [0.3, 0.4) is 0 Å². The molecule has 0 aliphatic carbocycles. The third-order valence-corrected chi connectivity index (χ3v) is 7.28. The summed E-state index contributed by atoms with van der Waals surface area (Å²) in [5.41, 5.74) is 2.46. The van der Waals surface area contributed by atoms with Gasteiger partial charge in [0.15, 0.2) is 16.7 Å². The van der Waals surface area contributed by atoms with Gasteiger partial charge in [-0.1, -0.05) is 36.4 Å². The molecule has 9 nitrogen and oxygen atoms in total. The monoisotopic (exact) mass is 584 g/mol. The number of benzene rings is 3. The van der Waals surface area contributed by atoms with Crippen LogP contribution in [0.5, 0.6) is 17.2 Å². The minimum atomic E-state index is -0.560. The zero-order valence-electron chi connectivity index (χ0n) is 23.2. The number of rotatable bonds is 10. The average molecular weight is 585 g/mol. The van der Waals surface area contributed by atoms with E-state index in [0.717, 1.165) is 22.6 Å². The summed E-state index contributed by atoms with van der Waals surface area (Å²) in [5.74, 6) is 1.55. The summed E-state index contributed by atoms with van der Waals surface area (Å²) in [6, 6.07) is 25.7. The molecule has 0 N–H and O–H groups in total. The molecule has 1 aliphatic rings. The first-order valence-corrected chi connectivity index (χ1v) is 13.7. The SMILES string of the molecule is COC(=O)c1ccc(COc2ccc(/C=C3/SC(=Nc4ccccc4)N(Cc4ccc(OC)cc4)C3=O)cc2OC)o1. The molecule has 5 rings (SSSR count). The van der Waals surface area contributed by atoms with Gasteiger partial charge in [-0.2, -0.15) is 0 Å². The fourth-order valence-corrected chi connectivity index (χ4v) is 5.11. The van der Waals surface area contributed by atoms with Crippen molar-refractivity contribution in [2.75, 3.05) is 21.3 Å². The lowest BCUT2D eigenvalue weighted by molar-refractivity contribution is -0.122. The number of hydrogen-bond acceptors (Lipinski definition) is 9. The van der Waals surface area contributed by atoms with Gasteiger partial charge in [-0.15, -0.1) is 0 Å². The standard InChI is InChI=1S/C32H28N2O7S/c1-37-24-12-9-21(10-13-24)19-34-30(35)29(42-32(34)33-23-7-5-4-6-8-23)18-22-11-15-26(28(17-22)38-2)40-20-25-14-16-27(41-25)31(36)39-3/h4-18H,19-20H2,1-3H3/b29-18+,33-32?. The molecule has 0 spiro atoms. The highest BCUT2D eigenvalue weighted by molar-refractivity contribution is 8.18. The Morgan fingerprint density at radius 2 is 1.71 bits per heavy atom. The second-order valence-electron chi connectivity index (χ2n) is 9.04. The molecule has 4 aromatic rings. The van der Waals surface area contributed by atoms with E-state index < -0.39 is 5.97 Å². The zero-order chi connectivity index (χ0) is 29.5. The Labute approximate surface area is 247 Å². The summed E-state index contributed by atoms with van der Waals surface area (Å²) >= 11 is 1.32. The predicted molar refractivity (Wildman–Crippen MR) is 160 cm³/mol. The van der Waals surface area contributed by atoms with Gasteiger partial charge in [-0.05, 0) is 77.5 Å². The van der Waals surface area contributed by atoms with Gasteiger partial charge in [0.05, 0.1) is 38.5 Å². The van der Waals surface area contributed by atoms with Gasteiger partial charge >= 0.3 is 5.97 Å². The molecular formula is C32H28N2O7S. The highest BCUT2D eigenvalue weighted by atomic mass is 32.2. The van der Waals surface area contributed by atoms with Crippen LogP contribution in [0.4, 0.5) is 5.69 Å². The van der Waals surface area contributed by atoms with Crippen LogP contribution >= 0.6 is 11.8 Å². The lowest BCUT2D eigenvalue weighted by atomic mass is 10.1. The largest absolute Gasteiger partial charge is 0.497 e. The number of para-hydroxylation sites is 1. The summed E-state index contributed by atoms with van der Waals surface area (Å²) in [4.78, 5) is 32.2. The number of hydrogen-bond donors (Lipinski definition) is 0. The van der Waals surface area contributed by atoms with Gasteiger partial charge in [0.2, 0.25) is 5.76 Å². The molecule has 1 saturated heterocycles. The third kappa shape index (κ3) is 6.67. The van der Waals surface area contributed by atoms with E-state index in [2.05, 4.69) is 4.74 Å². The number of carbonyl (C=O) groups excluding carboxylic acids is 2. The van der Waals surface area contributed by atoms with Crippen molar-refractivity contribution in [1.29, 1.82) is 0 Å². The molecule has 42 heavy (non-hydrogen) atoms. The fraction of sp³-hybridized carbons (Fsp3) is 0.156. The van der Waals surface area contributed by atoms with E-state index in [1.165, 1.54) is 32.0 Å². The van der Waals surface area contributed by atoms with Crippen LogP contribution in [0.25, 0.3) is 6.08 Å². The predicted octanol–water partition coefficient (Wildman–Crippen LogP) is 6.47. The normalized spacial score (nSPS) is 14.8. The summed E-state index contributed by atoms with van der Waals surface area (Å²) in [6.07, 6.45) is 1.81. The summed E-state index contributed by atoms with van der Waals surface area (Å²) in [7, 11) is 4.44. The molecule has 1 aliphatic heterocycles. The number of methoxy groups -OCH3 is 3. The van der Waals surface area contributed by atoms with Crippen molar-refractivity contribution in [2.24, 2.45) is 4.99 Å². The molecule has 0 unspecified atom stereocenters. The van der Waals surface area contributed by atoms with E-state index in [1.54, 1.807) is 30.2 Å². The van der Waals surface area contributed by atoms with Gasteiger partial charge in [-0.25, -0.2) is 9.79 Å². The Bertz CT molecular complexity index is 1630. The lowest BCUT2D eigenvalue weighted by Gasteiger charge is -2.16. The van der Waals surface area contributed by atoms with Crippen molar-refractivity contribution >= 4 is 40.6 Å². The van der Waals surface area contributed by atoms with Crippen LogP contribution in [0.15, 0.2) is 99.2 Å². The van der Waals surface area contributed by atoms with Crippen molar-refractivity contribution in [1.82, 2.24) is 4.90 Å². The molecule has 3 aromatic carbocycles. The topological polar surface area (TPSA) is 99.8 Å². The van der Waals surface area contributed by atoms with Gasteiger partial charge in [-0.3, -0.25) is 9.69 Å². The van der Waals surface area contributed by atoms with E-state index >= 15 is 0 Å². The van der Waals surface area contributed by atoms with Crippen LogP contribution in [0.2, 0.25) is 0 Å². The number of aliphatic imine (C=N–C) groups is 1. The number of amides is 1. The fourth-order valence-electron chi connectivity index (χ4n) is 4.12. The maximum absolute atomic E-state index is 13.6. The molecule has 1 fully saturated rings. The van der Waals surface area contributed by atoms with Crippen molar-refractivity contribution in [2.45, 2.75) is 13.2 Å². The highest BCUT2D eigenvalue weighted by Crippen LogP contribution is 2.37. The molecule has 0 atom stereocenters. The Morgan fingerprint density at radius 3 is 2.43 bits per heavy atom. The van der Waals surface area contributed by atoms with Gasteiger partial charge in [0.25, 0.3) is 5.91 Å². The number of esters is 1. The van der Waals surface area contributed by atoms with E-state index in [0.29, 0.717) is 33.9 Å². The first-order chi connectivity index (χ1) is 20.5. The lowest BCUT2D eigenvalue weighted by Crippen LogP contribution is -2.28. The summed E-state index contributed by atoms with van der Waals surface area (Å²) in [5, 5.41) is 0.588. The number of thioether (sulfide) groups is 1. The molecule has 0 saturated carbocycles. The Morgan fingerprint density at radius 1 is 0.929 bits per heavy atom. The van der Waals surface area contributed by atoms with E-state index in [-0.39, 0.29) is 18.3 Å². The second-order valence-corrected chi connectivity index (χ2v) is 10.0. The third-order valence-electron chi connectivity index (χ3n) is 6.27. The Kier molecular flexibility index (Phi) is 8.93. The minimum absolute atomic E-state index is 0.0851. The second kappa shape index (κ2) is 13.1. The first kappa shape index (κ1) is 28.6. The van der Waals surface area contributed by atoms with Crippen molar-refractivity contribution in [3.63, 3.8) is 0 Å². The Hall–Kier alpha value is -4.96. The van der Waals surface area contributed by atoms with Gasteiger partial charge in [0.1, 0.15) is 18.1 Å². The van der Waals surface area contributed by atoms with Crippen LogP contribution in [0.1, 0.15) is 27.4 Å². The molecule has 214 valence electrons. The van der Waals surface area contributed by atoms with Gasteiger partial charge in [0, 0.05) is 0 Å². The number of ether oxygens (including phenoxy) is 4. The van der Waals surface area contributed by atoms with Crippen molar-refractivity contribution in [3.8, 4) is 17.2 Å². The van der Waals surface area contributed by atoms with Gasteiger partial charge < -0.3 is 23.4 Å². The molecular weight excluding hydrogens is 556 g/mol. The molecule has 1 amide bonds. The molecule has 1 aromatic heterocycles. The van der Waals surface area contributed by atoms with Crippen LogP contribution in [-0.2, 0) is 22.7 Å². The molecule has 10 heteroatoms. The molecule has 2 heterocycles. The first-order valence-electron chi connectivity index (χ1n) is 12.9. The number of nitrogens with zero attached hydrogens (tertiary/aromatic N) is 2. The summed E-state index contributed by atoms with van der Waals surface area (Å²) in [6.45, 7) is 0.446. The van der Waals surface area contributed by atoms with Crippen LogP contribution in [-0.4, -0.2) is 43.3 Å². The van der Waals surface area contributed by atoms with Crippen LogP contribution in [0, 0.1) is 0 Å². The van der Waals surface area contributed by atoms with Crippen molar-refractivity contribution in [3.05, 3.63) is 112 Å². The minimum Gasteiger partial charge on any atom is -0.497 e. The summed E-state index contributed by atoms with van der Waals surface area (Å²) < 4.78 is 26.8. The zero-order valence-corrected chi connectivity index (χ0v) is 24.1.